The lowest BCUT2D eigenvalue weighted by molar-refractivity contribution is -0.150. The van der Waals surface area contributed by atoms with Crippen LogP contribution in [0.15, 0.2) is 60.7 Å². The molecule has 0 aliphatic rings. The molecule has 1 N–H and O–H groups in total. The summed E-state index contributed by atoms with van der Waals surface area (Å²) in [6, 6.07) is 18.2. The number of carbonyl (C=O) groups excluding carboxylic acids is 1. The molecule has 2 rings (SSSR count). The number of carbonyl (C=O) groups is 1. The molecule has 0 spiro atoms. The summed E-state index contributed by atoms with van der Waals surface area (Å²) >= 11 is 0. The molecule has 0 saturated carbocycles. The third-order valence-electron chi connectivity index (χ3n) is 4.41. The summed E-state index contributed by atoms with van der Waals surface area (Å²) < 4.78 is 19.0. The molecule has 0 unspecified atom stereocenters. The molecule has 2 aromatic carbocycles. The number of aliphatic hydroxyl groups is 1. The average molecular weight is 360 g/mol. The topological polar surface area (TPSA) is 63.6 Å². The van der Waals surface area contributed by atoms with Gasteiger partial charge in [-0.15, -0.1) is 0 Å². The minimum atomic E-state index is -3.24. The molecule has 0 heterocycles. The van der Waals surface area contributed by atoms with E-state index in [1.807, 2.05) is 43.3 Å². The normalized spacial score (nSPS) is 13.9. The van der Waals surface area contributed by atoms with E-state index in [9.17, 15) is 14.5 Å². The fourth-order valence-corrected chi connectivity index (χ4v) is 6.42. The SMILES string of the molecule is CCCC[C@H]([C@@H](O)C(=O)OC)P(=O)(c1ccccc1)c1ccccc1. The number of esters is 1. The molecular formula is C20H25O4P. The molecule has 4 nitrogen and oxygen atoms in total. The van der Waals surface area contributed by atoms with Gasteiger partial charge in [-0.3, -0.25) is 0 Å². The molecule has 0 aliphatic heterocycles. The molecule has 0 radical (unpaired) electrons. The maximum atomic E-state index is 14.3. The van der Waals surface area contributed by atoms with Gasteiger partial charge in [-0.2, -0.15) is 0 Å². The Labute approximate surface area is 149 Å². The van der Waals surface area contributed by atoms with Crippen LogP contribution < -0.4 is 10.6 Å². The van der Waals surface area contributed by atoms with Crippen LogP contribution in [0.25, 0.3) is 0 Å². The molecule has 0 fully saturated rings. The third kappa shape index (κ3) is 4.20. The summed E-state index contributed by atoms with van der Waals surface area (Å²) in [5.74, 6) is -0.742. The zero-order chi connectivity index (χ0) is 18.3. The van der Waals surface area contributed by atoms with Crippen LogP contribution in [0.3, 0.4) is 0 Å². The number of aliphatic hydroxyl groups excluding tert-OH is 1. The van der Waals surface area contributed by atoms with Crippen molar-refractivity contribution in [2.45, 2.75) is 37.9 Å². The van der Waals surface area contributed by atoms with Crippen LogP contribution in [0.4, 0.5) is 0 Å². The Morgan fingerprint density at radius 1 is 1.04 bits per heavy atom. The van der Waals surface area contributed by atoms with Crippen molar-refractivity contribution in [3.63, 3.8) is 0 Å². The molecule has 0 aliphatic carbocycles. The summed E-state index contributed by atoms with van der Waals surface area (Å²) in [4.78, 5) is 12.0. The van der Waals surface area contributed by atoms with E-state index < -0.39 is 24.9 Å². The Balaban J connectivity index is 2.62. The number of ether oxygens (including phenoxy) is 1. The largest absolute Gasteiger partial charge is 0.467 e. The summed E-state index contributed by atoms with van der Waals surface area (Å²) in [6.45, 7) is 2.03. The van der Waals surface area contributed by atoms with Crippen LogP contribution in [0.5, 0.6) is 0 Å². The number of hydrogen-bond acceptors (Lipinski definition) is 4. The van der Waals surface area contributed by atoms with E-state index in [-0.39, 0.29) is 0 Å². The van der Waals surface area contributed by atoms with E-state index in [1.165, 1.54) is 7.11 Å². The van der Waals surface area contributed by atoms with Crippen LogP contribution in [-0.2, 0) is 14.1 Å². The van der Waals surface area contributed by atoms with Crippen molar-refractivity contribution in [3.8, 4) is 0 Å². The number of hydrogen-bond donors (Lipinski definition) is 1. The highest BCUT2D eigenvalue weighted by Crippen LogP contribution is 2.52. The Morgan fingerprint density at radius 3 is 1.92 bits per heavy atom. The average Bonchev–Trinajstić information content (AvgIpc) is 2.68. The second-order valence-electron chi connectivity index (χ2n) is 6.01. The first-order valence-corrected chi connectivity index (χ1v) is 10.3. The molecule has 25 heavy (non-hydrogen) atoms. The van der Waals surface area contributed by atoms with Gasteiger partial charge in [0.05, 0.1) is 12.8 Å². The van der Waals surface area contributed by atoms with Gasteiger partial charge >= 0.3 is 5.97 Å². The van der Waals surface area contributed by atoms with E-state index in [4.69, 9.17) is 4.74 Å². The molecule has 0 bridgehead atoms. The molecule has 2 atom stereocenters. The van der Waals surface area contributed by atoms with Gasteiger partial charge in [-0.25, -0.2) is 4.79 Å². The lowest BCUT2D eigenvalue weighted by Gasteiger charge is -2.31. The monoisotopic (exact) mass is 360 g/mol. The standard InChI is InChI=1S/C20H25O4P/c1-3-4-15-18(19(21)20(22)24-2)25(23,16-11-7-5-8-12-16)17-13-9-6-10-14-17/h5-14,18-19,21H,3-4,15H2,1-2H3/t18-,19-/m1/s1. The van der Waals surface area contributed by atoms with E-state index in [0.29, 0.717) is 17.0 Å². The van der Waals surface area contributed by atoms with Crippen LogP contribution in [0.2, 0.25) is 0 Å². The van der Waals surface area contributed by atoms with Crippen molar-refractivity contribution in [1.29, 1.82) is 0 Å². The van der Waals surface area contributed by atoms with Crippen molar-refractivity contribution in [2.75, 3.05) is 7.11 Å². The number of rotatable bonds is 8. The van der Waals surface area contributed by atoms with Gasteiger partial charge in [0, 0.05) is 10.6 Å². The van der Waals surface area contributed by atoms with Crippen LogP contribution >= 0.6 is 7.14 Å². The van der Waals surface area contributed by atoms with Gasteiger partial charge in [-0.05, 0) is 6.42 Å². The highest BCUT2D eigenvalue weighted by Gasteiger charge is 2.43. The van der Waals surface area contributed by atoms with Crippen molar-refractivity contribution < 1.29 is 19.2 Å². The van der Waals surface area contributed by atoms with Gasteiger partial charge in [0.15, 0.2) is 6.10 Å². The molecule has 2 aromatic rings. The molecule has 0 amide bonds. The van der Waals surface area contributed by atoms with Crippen molar-refractivity contribution in [1.82, 2.24) is 0 Å². The first-order chi connectivity index (χ1) is 12.1. The smallest absolute Gasteiger partial charge is 0.335 e. The van der Waals surface area contributed by atoms with Crippen molar-refractivity contribution in [3.05, 3.63) is 60.7 Å². The van der Waals surface area contributed by atoms with Crippen LogP contribution in [0.1, 0.15) is 26.2 Å². The summed E-state index contributed by atoms with van der Waals surface area (Å²) in [5, 5.41) is 11.9. The minimum Gasteiger partial charge on any atom is -0.467 e. The van der Waals surface area contributed by atoms with E-state index in [2.05, 4.69) is 0 Å². The van der Waals surface area contributed by atoms with Gasteiger partial charge in [-0.1, -0.05) is 80.4 Å². The Morgan fingerprint density at radius 2 is 1.52 bits per heavy atom. The molecule has 134 valence electrons. The van der Waals surface area contributed by atoms with Gasteiger partial charge in [0.1, 0.15) is 7.14 Å². The maximum Gasteiger partial charge on any atom is 0.335 e. The fourth-order valence-electron chi connectivity index (χ4n) is 3.06. The highest BCUT2D eigenvalue weighted by molar-refractivity contribution is 7.79. The van der Waals surface area contributed by atoms with Crippen LogP contribution in [0, 0.1) is 0 Å². The second kappa shape index (κ2) is 8.98. The first-order valence-electron chi connectivity index (χ1n) is 8.52. The Bertz CT molecular complexity index is 671. The fraction of sp³-hybridized carbons (Fsp3) is 0.350. The zero-order valence-electron chi connectivity index (χ0n) is 14.7. The number of methoxy groups -OCH3 is 1. The quantitative estimate of drug-likeness (QED) is 0.580. The Hall–Kier alpha value is -1.90. The lowest BCUT2D eigenvalue weighted by Crippen LogP contribution is -2.40. The number of unbranched alkanes of at least 4 members (excludes halogenated alkanes) is 1. The molecule has 0 aromatic heterocycles. The minimum absolute atomic E-state index is 0.480. The van der Waals surface area contributed by atoms with Gasteiger partial charge in [0.25, 0.3) is 0 Å². The van der Waals surface area contributed by atoms with E-state index in [1.54, 1.807) is 24.3 Å². The zero-order valence-corrected chi connectivity index (χ0v) is 15.6. The summed E-state index contributed by atoms with van der Waals surface area (Å²) in [6.07, 6.45) is 0.701. The first kappa shape index (κ1) is 19.4. The second-order valence-corrected chi connectivity index (χ2v) is 9.02. The highest BCUT2D eigenvalue weighted by atomic mass is 31.2. The van der Waals surface area contributed by atoms with Gasteiger partial charge in [0.2, 0.25) is 0 Å². The Kier molecular flexibility index (Phi) is 6.98. The lowest BCUT2D eigenvalue weighted by atomic mass is 10.1. The third-order valence-corrected chi connectivity index (χ3v) is 8.01. The predicted octanol–water partition coefficient (Wildman–Crippen LogP) is 3.09. The van der Waals surface area contributed by atoms with E-state index >= 15 is 0 Å². The molecule has 5 heteroatoms. The maximum absolute atomic E-state index is 14.3. The van der Waals surface area contributed by atoms with Crippen LogP contribution in [-0.4, -0.2) is 29.9 Å². The van der Waals surface area contributed by atoms with E-state index in [0.717, 1.165) is 12.8 Å². The van der Waals surface area contributed by atoms with Crippen molar-refractivity contribution >= 4 is 23.7 Å². The predicted molar refractivity (Wildman–Crippen MR) is 101 cm³/mol. The van der Waals surface area contributed by atoms with Crippen molar-refractivity contribution in [2.24, 2.45) is 0 Å². The molecule has 0 saturated heterocycles. The van der Waals surface area contributed by atoms with Gasteiger partial charge < -0.3 is 14.4 Å². The summed E-state index contributed by atoms with van der Waals surface area (Å²) in [5.41, 5.74) is -0.718. The number of benzene rings is 2. The molecular weight excluding hydrogens is 335 g/mol. The summed E-state index contributed by atoms with van der Waals surface area (Å²) in [7, 11) is -2.00.